The molecule has 0 spiro atoms. The maximum atomic E-state index is 11.9. The Kier molecular flexibility index (Phi) is 3.61. The van der Waals surface area contributed by atoms with E-state index in [1.807, 2.05) is 6.07 Å². The number of furan rings is 1. The summed E-state index contributed by atoms with van der Waals surface area (Å²) in [7, 11) is 0. The zero-order valence-electron chi connectivity index (χ0n) is 8.24. The smallest absolute Gasteiger partial charge is 0.170 e. The first-order valence-electron chi connectivity index (χ1n) is 4.67. The van der Waals surface area contributed by atoms with E-state index in [-0.39, 0.29) is 12.2 Å². The quantitative estimate of drug-likeness (QED) is 0.780. The number of benzene rings is 1. The number of rotatable bonds is 3. The van der Waals surface area contributed by atoms with E-state index in [2.05, 4.69) is 31.9 Å². The Morgan fingerprint density at radius 3 is 2.44 bits per heavy atom. The fraction of sp³-hybridized carbons (Fsp3) is 0.0833. The standard InChI is InChI=1S/C12H8Br2O2/c13-9-4-8(5-10(14)6-9)12(15)7-11-2-1-3-16-11/h1-6H,7H2. The number of hydrogen-bond donors (Lipinski definition) is 0. The van der Waals surface area contributed by atoms with Crippen LogP contribution in [-0.4, -0.2) is 5.78 Å². The van der Waals surface area contributed by atoms with Crippen molar-refractivity contribution in [2.45, 2.75) is 6.42 Å². The topological polar surface area (TPSA) is 30.2 Å². The van der Waals surface area contributed by atoms with E-state index in [4.69, 9.17) is 4.42 Å². The molecule has 0 fully saturated rings. The van der Waals surface area contributed by atoms with Crippen LogP contribution in [0.2, 0.25) is 0 Å². The third kappa shape index (κ3) is 2.83. The maximum Gasteiger partial charge on any atom is 0.170 e. The molecule has 1 aromatic heterocycles. The molecule has 0 aliphatic carbocycles. The first kappa shape index (κ1) is 11.6. The monoisotopic (exact) mass is 342 g/mol. The van der Waals surface area contributed by atoms with Crippen molar-refractivity contribution in [2.24, 2.45) is 0 Å². The van der Waals surface area contributed by atoms with Gasteiger partial charge in [-0.15, -0.1) is 0 Å². The first-order valence-corrected chi connectivity index (χ1v) is 6.25. The summed E-state index contributed by atoms with van der Waals surface area (Å²) >= 11 is 6.71. The van der Waals surface area contributed by atoms with Crippen LogP contribution in [0.1, 0.15) is 16.1 Å². The molecule has 2 rings (SSSR count). The van der Waals surface area contributed by atoms with Gasteiger partial charge >= 0.3 is 0 Å². The second-order valence-electron chi connectivity index (χ2n) is 3.34. The minimum absolute atomic E-state index is 0.0388. The lowest BCUT2D eigenvalue weighted by Gasteiger charge is -2.01. The van der Waals surface area contributed by atoms with Crippen LogP contribution in [0.4, 0.5) is 0 Å². The van der Waals surface area contributed by atoms with Crippen molar-refractivity contribution < 1.29 is 9.21 Å². The molecular formula is C12H8Br2O2. The molecule has 82 valence electrons. The molecule has 0 saturated carbocycles. The van der Waals surface area contributed by atoms with Crippen LogP contribution in [0, 0.1) is 0 Å². The lowest BCUT2D eigenvalue weighted by atomic mass is 10.1. The molecule has 4 heteroatoms. The number of carbonyl (C=O) groups is 1. The maximum absolute atomic E-state index is 11.9. The Balaban J connectivity index is 2.21. The zero-order valence-corrected chi connectivity index (χ0v) is 11.4. The molecule has 1 aromatic carbocycles. The van der Waals surface area contributed by atoms with Crippen LogP contribution < -0.4 is 0 Å². The lowest BCUT2D eigenvalue weighted by Crippen LogP contribution is -2.02. The highest BCUT2D eigenvalue weighted by Gasteiger charge is 2.10. The lowest BCUT2D eigenvalue weighted by molar-refractivity contribution is 0.0987. The van der Waals surface area contributed by atoms with E-state index >= 15 is 0 Å². The van der Waals surface area contributed by atoms with Gasteiger partial charge in [0.05, 0.1) is 12.7 Å². The molecule has 0 aliphatic rings. The molecule has 0 radical (unpaired) electrons. The van der Waals surface area contributed by atoms with E-state index in [9.17, 15) is 4.79 Å². The number of Topliss-reactive ketones (excluding diaryl/α,β-unsaturated/α-hetero) is 1. The van der Waals surface area contributed by atoms with E-state index in [1.165, 1.54) is 0 Å². The molecule has 16 heavy (non-hydrogen) atoms. The number of halogens is 2. The second-order valence-corrected chi connectivity index (χ2v) is 5.17. The number of ketones is 1. The highest BCUT2D eigenvalue weighted by atomic mass is 79.9. The summed E-state index contributed by atoms with van der Waals surface area (Å²) < 4.78 is 6.90. The molecule has 2 aromatic rings. The van der Waals surface area contributed by atoms with Crippen molar-refractivity contribution in [2.75, 3.05) is 0 Å². The van der Waals surface area contributed by atoms with Crippen LogP contribution in [0.25, 0.3) is 0 Å². The van der Waals surface area contributed by atoms with Gasteiger partial charge in [0.25, 0.3) is 0 Å². The van der Waals surface area contributed by atoms with Gasteiger partial charge in [-0.05, 0) is 30.3 Å². The second kappa shape index (κ2) is 4.97. The predicted octanol–water partition coefficient (Wildman–Crippen LogP) is 4.23. The molecular weight excluding hydrogens is 336 g/mol. The van der Waals surface area contributed by atoms with Crippen LogP contribution in [0.3, 0.4) is 0 Å². The summed E-state index contributed by atoms with van der Waals surface area (Å²) in [4.78, 5) is 11.9. The molecule has 0 unspecified atom stereocenters. The SMILES string of the molecule is O=C(Cc1ccco1)c1cc(Br)cc(Br)c1. The number of carbonyl (C=O) groups excluding carboxylic acids is 1. The molecule has 2 nitrogen and oxygen atoms in total. The summed E-state index contributed by atoms with van der Waals surface area (Å²) in [6.45, 7) is 0. The molecule has 0 bridgehead atoms. The molecule has 0 amide bonds. The highest BCUT2D eigenvalue weighted by Crippen LogP contribution is 2.21. The van der Waals surface area contributed by atoms with Gasteiger partial charge in [0.1, 0.15) is 5.76 Å². The highest BCUT2D eigenvalue weighted by molar-refractivity contribution is 9.11. The Bertz CT molecular complexity index is 483. The van der Waals surface area contributed by atoms with E-state index < -0.39 is 0 Å². The van der Waals surface area contributed by atoms with Crippen LogP contribution in [0.5, 0.6) is 0 Å². The van der Waals surface area contributed by atoms with Crippen LogP contribution >= 0.6 is 31.9 Å². The Hall–Kier alpha value is -0.870. The third-order valence-corrected chi connectivity index (χ3v) is 3.02. The Labute approximate surface area is 110 Å². The Morgan fingerprint density at radius 2 is 1.88 bits per heavy atom. The normalized spacial score (nSPS) is 10.4. The predicted molar refractivity (Wildman–Crippen MR) is 68.6 cm³/mol. The van der Waals surface area contributed by atoms with Gasteiger partial charge in [0.15, 0.2) is 5.78 Å². The van der Waals surface area contributed by atoms with Crippen molar-refractivity contribution in [3.63, 3.8) is 0 Å². The van der Waals surface area contributed by atoms with Gasteiger partial charge in [-0.2, -0.15) is 0 Å². The van der Waals surface area contributed by atoms with Crippen LogP contribution in [0.15, 0.2) is 50.0 Å². The summed E-state index contributed by atoms with van der Waals surface area (Å²) in [5.41, 5.74) is 0.664. The molecule has 0 N–H and O–H groups in total. The van der Waals surface area contributed by atoms with Gasteiger partial charge in [-0.25, -0.2) is 0 Å². The van der Waals surface area contributed by atoms with Gasteiger partial charge in [-0.3, -0.25) is 4.79 Å². The van der Waals surface area contributed by atoms with E-state index in [0.29, 0.717) is 11.3 Å². The van der Waals surface area contributed by atoms with Crippen molar-refractivity contribution in [3.05, 3.63) is 56.9 Å². The summed E-state index contributed by atoms with van der Waals surface area (Å²) in [6, 6.07) is 9.07. The van der Waals surface area contributed by atoms with E-state index in [0.717, 1.165) is 8.95 Å². The van der Waals surface area contributed by atoms with Crippen molar-refractivity contribution >= 4 is 37.6 Å². The van der Waals surface area contributed by atoms with E-state index in [1.54, 1.807) is 30.5 Å². The van der Waals surface area contributed by atoms with Crippen molar-refractivity contribution in [1.82, 2.24) is 0 Å². The van der Waals surface area contributed by atoms with Gasteiger partial charge < -0.3 is 4.42 Å². The summed E-state index contributed by atoms with van der Waals surface area (Å²) in [6.07, 6.45) is 1.86. The largest absolute Gasteiger partial charge is 0.469 e. The van der Waals surface area contributed by atoms with Crippen LogP contribution in [-0.2, 0) is 6.42 Å². The number of hydrogen-bond acceptors (Lipinski definition) is 2. The molecule has 0 atom stereocenters. The van der Waals surface area contributed by atoms with Crippen molar-refractivity contribution in [3.8, 4) is 0 Å². The fourth-order valence-corrected chi connectivity index (χ4v) is 2.68. The fourth-order valence-electron chi connectivity index (χ4n) is 1.39. The Morgan fingerprint density at radius 1 is 1.19 bits per heavy atom. The van der Waals surface area contributed by atoms with Gasteiger partial charge in [0.2, 0.25) is 0 Å². The molecule has 0 saturated heterocycles. The van der Waals surface area contributed by atoms with Gasteiger partial charge in [-0.1, -0.05) is 31.9 Å². The zero-order chi connectivity index (χ0) is 11.5. The molecule has 0 aliphatic heterocycles. The average molecular weight is 344 g/mol. The average Bonchev–Trinajstić information content (AvgIpc) is 2.68. The van der Waals surface area contributed by atoms with Gasteiger partial charge in [0, 0.05) is 14.5 Å². The minimum Gasteiger partial charge on any atom is -0.469 e. The van der Waals surface area contributed by atoms with Crippen molar-refractivity contribution in [1.29, 1.82) is 0 Å². The summed E-state index contributed by atoms with van der Waals surface area (Å²) in [5, 5.41) is 0. The minimum atomic E-state index is 0.0388. The molecule has 1 heterocycles. The summed E-state index contributed by atoms with van der Waals surface area (Å²) in [5.74, 6) is 0.720. The first-order chi connectivity index (χ1) is 7.65. The third-order valence-electron chi connectivity index (χ3n) is 2.10.